The van der Waals surface area contributed by atoms with Gasteiger partial charge in [-0.2, -0.15) is 0 Å². The summed E-state index contributed by atoms with van der Waals surface area (Å²) >= 11 is 0. The highest BCUT2D eigenvalue weighted by atomic mass is 15.2. The van der Waals surface area contributed by atoms with Gasteiger partial charge in [-0.15, -0.1) is 0 Å². The first-order valence-corrected chi connectivity index (χ1v) is 7.47. The predicted molar refractivity (Wildman–Crippen MR) is 86.1 cm³/mol. The van der Waals surface area contributed by atoms with E-state index in [1.807, 2.05) is 6.20 Å². The van der Waals surface area contributed by atoms with Crippen LogP contribution in [-0.2, 0) is 6.54 Å². The van der Waals surface area contributed by atoms with Gasteiger partial charge in [-0.1, -0.05) is 13.8 Å². The van der Waals surface area contributed by atoms with Crippen molar-refractivity contribution in [3.8, 4) is 0 Å². The normalized spacial score (nSPS) is 12.0. The van der Waals surface area contributed by atoms with Crippen LogP contribution in [0.5, 0.6) is 0 Å². The highest BCUT2D eigenvalue weighted by Crippen LogP contribution is 2.12. The van der Waals surface area contributed by atoms with Crippen LogP contribution in [0.1, 0.15) is 52.3 Å². The minimum Gasteiger partial charge on any atom is -0.344 e. The Hall–Kier alpha value is -1.16. The van der Waals surface area contributed by atoms with E-state index in [1.54, 1.807) is 0 Å². The molecule has 0 aliphatic heterocycles. The van der Waals surface area contributed by atoms with E-state index in [0.717, 1.165) is 31.2 Å². The second kappa shape index (κ2) is 7.02. The lowest BCUT2D eigenvalue weighted by Gasteiger charge is -2.22. The zero-order valence-corrected chi connectivity index (χ0v) is 14.1. The van der Waals surface area contributed by atoms with E-state index in [1.165, 1.54) is 5.56 Å². The topological polar surface area (TPSA) is 41.1 Å². The molecule has 1 rings (SSSR count). The Kier molecular flexibility index (Phi) is 5.93. The second-order valence-corrected chi connectivity index (χ2v) is 6.99. The summed E-state index contributed by atoms with van der Waals surface area (Å²) in [5.74, 6) is 1.52. The van der Waals surface area contributed by atoms with Crippen molar-refractivity contribution in [3.63, 3.8) is 0 Å². The summed E-state index contributed by atoms with van der Waals surface area (Å²) in [5, 5.41) is 3.47. The molecule has 0 saturated heterocycles. The Bertz CT molecular complexity index is 421. The highest BCUT2D eigenvalue weighted by Gasteiger charge is 2.12. The summed E-state index contributed by atoms with van der Waals surface area (Å²) in [7, 11) is 2.06. The van der Waals surface area contributed by atoms with Gasteiger partial charge >= 0.3 is 0 Å². The lowest BCUT2D eigenvalue weighted by Crippen LogP contribution is -2.35. The average molecular weight is 278 g/mol. The van der Waals surface area contributed by atoms with Crippen molar-refractivity contribution in [1.29, 1.82) is 0 Å². The minimum atomic E-state index is 0.110. The Labute approximate surface area is 124 Å². The van der Waals surface area contributed by atoms with Gasteiger partial charge in [0.1, 0.15) is 0 Å². The van der Waals surface area contributed by atoms with Crippen molar-refractivity contribution in [3.05, 3.63) is 17.5 Å². The SMILES string of the molecule is Cc1nc(N(C)CCC(C)C)ncc1CNC(C)(C)C. The first kappa shape index (κ1) is 16.9. The molecule has 0 amide bonds. The van der Waals surface area contributed by atoms with Crippen LogP contribution in [0.25, 0.3) is 0 Å². The molecular formula is C16H30N4. The van der Waals surface area contributed by atoms with E-state index in [0.29, 0.717) is 5.92 Å². The maximum atomic E-state index is 4.63. The molecule has 1 heterocycles. The summed E-state index contributed by atoms with van der Waals surface area (Å²) in [6, 6.07) is 0. The van der Waals surface area contributed by atoms with Crippen molar-refractivity contribution >= 4 is 5.95 Å². The van der Waals surface area contributed by atoms with Crippen molar-refractivity contribution in [2.45, 2.75) is 60.0 Å². The molecule has 0 radical (unpaired) electrons. The third kappa shape index (κ3) is 5.87. The Morgan fingerprint density at radius 1 is 1.30 bits per heavy atom. The number of rotatable bonds is 6. The third-order valence-corrected chi connectivity index (χ3v) is 3.26. The first-order valence-electron chi connectivity index (χ1n) is 7.47. The summed E-state index contributed by atoms with van der Waals surface area (Å²) in [6.45, 7) is 14.8. The summed E-state index contributed by atoms with van der Waals surface area (Å²) in [4.78, 5) is 11.3. The fraction of sp³-hybridized carbons (Fsp3) is 0.750. The molecule has 0 saturated carbocycles. The molecule has 0 bridgehead atoms. The molecule has 0 aliphatic carbocycles. The van der Waals surface area contributed by atoms with Crippen LogP contribution >= 0.6 is 0 Å². The summed E-state index contributed by atoms with van der Waals surface area (Å²) in [5.41, 5.74) is 2.34. The molecule has 1 N–H and O–H groups in total. The van der Waals surface area contributed by atoms with E-state index in [9.17, 15) is 0 Å². The van der Waals surface area contributed by atoms with Crippen LogP contribution in [-0.4, -0.2) is 29.1 Å². The van der Waals surface area contributed by atoms with E-state index in [2.05, 4.69) is 68.8 Å². The van der Waals surface area contributed by atoms with E-state index in [4.69, 9.17) is 0 Å². The number of nitrogens with zero attached hydrogens (tertiary/aromatic N) is 3. The molecule has 0 aromatic carbocycles. The Balaban J connectivity index is 2.67. The molecule has 4 heteroatoms. The third-order valence-electron chi connectivity index (χ3n) is 3.26. The molecule has 1 aromatic heterocycles. The number of anilines is 1. The van der Waals surface area contributed by atoms with Gasteiger partial charge in [-0.05, 0) is 40.0 Å². The quantitative estimate of drug-likeness (QED) is 0.868. The largest absolute Gasteiger partial charge is 0.344 e. The average Bonchev–Trinajstić information content (AvgIpc) is 2.33. The second-order valence-electron chi connectivity index (χ2n) is 6.99. The van der Waals surface area contributed by atoms with Crippen LogP contribution in [0, 0.1) is 12.8 Å². The molecule has 0 atom stereocenters. The van der Waals surface area contributed by atoms with Crippen LogP contribution in [0.4, 0.5) is 5.95 Å². The zero-order valence-electron chi connectivity index (χ0n) is 14.1. The van der Waals surface area contributed by atoms with Crippen LogP contribution < -0.4 is 10.2 Å². The number of nitrogens with one attached hydrogen (secondary N) is 1. The number of hydrogen-bond acceptors (Lipinski definition) is 4. The van der Waals surface area contributed by atoms with E-state index >= 15 is 0 Å². The Morgan fingerprint density at radius 2 is 1.95 bits per heavy atom. The monoisotopic (exact) mass is 278 g/mol. The fourth-order valence-electron chi connectivity index (χ4n) is 1.75. The van der Waals surface area contributed by atoms with Crippen molar-refractivity contribution in [2.24, 2.45) is 5.92 Å². The number of aryl methyl sites for hydroxylation is 1. The molecule has 20 heavy (non-hydrogen) atoms. The predicted octanol–water partition coefficient (Wildman–Crippen LogP) is 3.16. The van der Waals surface area contributed by atoms with Gasteiger partial charge in [0.25, 0.3) is 0 Å². The molecular weight excluding hydrogens is 248 g/mol. The summed E-state index contributed by atoms with van der Waals surface area (Å²) < 4.78 is 0. The van der Waals surface area contributed by atoms with Gasteiger partial charge < -0.3 is 10.2 Å². The van der Waals surface area contributed by atoms with Gasteiger partial charge in [0, 0.05) is 43.1 Å². The zero-order chi connectivity index (χ0) is 15.3. The van der Waals surface area contributed by atoms with Gasteiger partial charge in [0.15, 0.2) is 0 Å². The standard InChI is InChI=1S/C16H30N4/c1-12(2)8-9-20(7)15-17-10-14(13(3)19-15)11-18-16(4,5)6/h10,12,18H,8-9,11H2,1-7H3. The summed E-state index contributed by atoms with van der Waals surface area (Å²) in [6.07, 6.45) is 3.11. The number of aromatic nitrogens is 2. The molecule has 4 nitrogen and oxygen atoms in total. The van der Waals surface area contributed by atoms with Gasteiger partial charge in [0.05, 0.1) is 0 Å². The molecule has 0 spiro atoms. The number of hydrogen-bond donors (Lipinski definition) is 1. The molecule has 0 fully saturated rings. The van der Waals surface area contributed by atoms with Gasteiger partial charge in [0.2, 0.25) is 5.95 Å². The van der Waals surface area contributed by atoms with Crippen molar-refractivity contribution in [2.75, 3.05) is 18.5 Å². The maximum Gasteiger partial charge on any atom is 0.225 e. The molecule has 0 aliphatic rings. The van der Waals surface area contributed by atoms with Gasteiger partial charge in [-0.3, -0.25) is 0 Å². The highest BCUT2D eigenvalue weighted by molar-refractivity contribution is 5.31. The molecule has 1 aromatic rings. The Morgan fingerprint density at radius 3 is 2.45 bits per heavy atom. The lowest BCUT2D eigenvalue weighted by atomic mass is 10.1. The molecule has 114 valence electrons. The van der Waals surface area contributed by atoms with Crippen molar-refractivity contribution in [1.82, 2.24) is 15.3 Å². The van der Waals surface area contributed by atoms with Crippen LogP contribution in [0.15, 0.2) is 6.20 Å². The first-order chi connectivity index (χ1) is 9.19. The minimum absolute atomic E-state index is 0.110. The fourth-order valence-corrected chi connectivity index (χ4v) is 1.75. The maximum absolute atomic E-state index is 4.63. The van der Waals surface area contributed by atoms with E-state index in [-0.39, 0.29) is 5.54 Å². The van der Waals surface area contributed by atoms with Gasteiger partial charge in [-0.25, -0.2) is 9.97 Å². The van der Waals surface area contributed by atoms with Crippen molar-refractivity contribution < 1.29 is 0 Å². The van der Waals surface area contributed by atoms with E-state index < -0.39 is 0 Å². The molecule has 0 unspecified atom stereocenters. The van der Waals surface area contributed by atoms with Crippen LogP contribution in [0.3, 0.4) is 0 Å². The lowest BCUT2D eigenvalue weighted by molar-refractivity contribution is 0.423. The van der Waals surface area contributed by atoms with Crippen LogP contribution in [0.2, 0.25) is 0 Å². The smallest absolute Gasteiger partial charge is 0.225 e.